The fourth-order valence-electron chi connectivity index (χ4n) is 6.47. The van der Waals surface area contributed by atoms with Crippen LogP contribution in [-0.4, -0.2) is 88.1 Å². The quantitative estimate of drug-likeness (QED) is 0.147. The van der Waals surface area contributed by atoms with Crippen LogP contribution in [0.25, 0.3) is 10.8 Å². The lowest BCUT2D eigenvalue weighted by Crippen LogP contribution is -2.40. The van der Waals surface area contributed by atoms with Gasteiger partial charge in [-0.25, -0.2) is 0 Å². The van der Waals surface area contributed by atoms with Gasteiger partial charge in [0.2, 0.25) is 17.7 Å². The van der Waals surface area contributed by atoms with Crippen molar-refractivity contribution in [3.8, 4) is 0 Å². The first kappa shape index (κ1) is 37.7. The highest BCUT2D eigenvalue weighted by molar-refractivity contribution is 5.91. The van der Waals surface area contributed by atoms with Gasteiger partial charge in [0.25, 0.3) is 0 Å². The average molecular weight is 657 g/mol. The maximum absolute atomic E-state index is 12.7. The van der Waals surface area contributed by atoms with Crippen LogP contribution in [0, 0.1) is 11.8 Å². The van der Waals surface area contributed by atoms with Crippen molar-refractivity contribution < 1.29 is 14.4 Å². The summed E-state index contributed by atoms with van der Waals surface area (Å²) >= 11 is 0. The second kappa shape index (κ2) is 22.0. The summed E-state index contributed by atoms with van der Waals surface area (Å²) in [5, 5.41) is 18.5. The highest BCUT2D eigenvalue weighted by Crippen LogP contribution is 2.19. The van der Waals surface area contributed by atoms with Crippen molar-refractivity contribution in [1.29, 1.82) is 0 Å². The predicted octanol–water partition coefficient (Wildman–Crippen LogP) is 3.79. The number of carbonyl (C=O) groups is 3. The Morgan fingerprint density at radius 2 is 1.37 bits per heavy atom. The number of fused-ring (bicyclic) bond motifs is 1. The maximum atomic E-state index is 12.7. The van der Waals surface area contributed by atoms with Crippen molar-refractivity contribution in [3.63, 3.8) is 0 Å². The minimum atomic E-state index is -0.185. The number of carbonyl (C=O) groups excluding carboxylic acids is 3. The van der Waals surface area contributed by atoms with Crippen LogP contribution in [0.15, 0.2) is 42.5 Å². The molecule has 2 saturated heterocycles. The van der Waals surface area contributed by atoms with Crippen LogP contribution in [0.2, 0.25) is 0 Å². The summed E-state index contributed by atoms with van der Waals surface area (Å²) in [5.74, 6) is 1.43. The standard InChI is InChI=1S/C36H56N6O3.ClH/c43-34(25-32-11-8-10-31-9-3-4-12-33(31)32)41-28-35(44)40-20-5-1-2-13-36(45)42-23-16-30(17-24-42)27-39-19-7-6-18-38-26-29-14-21-37-22-15-29;/h3-4,8-12,29-30,37-39H,1-2,5-7,13-28H2,(H,40,44)(H,41,43);1H. The molecule has 5 N–H and O–H groups in total. The van der Waals surface area contributed by atoms with Crippen molar-refractivity contribution in [1.82, 2.24) is 31.5 Å². The summed E-state index contributed by atoms with van der Waals surface area (Å²) in [4.78, 5) is 39.3. The Balaban J connectivity index is 0.00000576. The largest absolute Gasteiger partial charge is 0.355 e. The molecule has 46 heavy (non-hydrogen) atoms. The van der Waals surface area contributed by atoms with E-state index in [1.54, 1.807) is 0 Å². The molecule has 0 spiro atoms. The van der Waals surface area contributed by atoms with Gasteiger partial charge in [-0.1, -0.05) is 48.9 Å². The van der Waals surface area contributed by atoms with Crippen LogP contribution < -0.4 is 26.6 Å². The molecule has 2 aromatic rings. The van der Waals surface area contributed by atoms with E-state index in [4.69, 9.17) is 0 Å². The number of likely N-dealkylation sites (tertiary alicyclic amines) is 1. The molecule has 0 atom stereocenters. The molecule has 2 fully saturated rings. The van der Waals surface area contributed by atoms with E-state index in [-0.39, 0.29) is 43.1 Å². The van der Waals surface area contributed by atoms with Crippen LogP contribution in [-0.2, 0) is 20.8 Å². The number of nitrogens with zero attached hydrogens (tertiary/aromatic N) is 1. The summed E-state index contributed by atoms with van der Waals surface area (Å²) in [7, 11) is 0. The molecule has 0 aliphatic carbocycles. The lowest BCUT2D eigenvalue weighted by Gasteiger charge is -2.32. The molecule has 2 aliphatic heterocycles. The molecular weight excluding hydrogens is 600 g/mol. The molecule has 0 unspecified atom stereocenters. The highest BCUT2D eigenvalue weighted by Gasteiger charge is 2.22. The molecule has 2 aromatic carbocycles. The molecule has 0 saturated carbocycles. The summed E-state index contributed by atoms with van der Waals surface area (Å²) in [6.07, 6.45) is 10.6. The molecule has 0 aromatic heterocycles. The van der Waals surface area contributed by atoms with Crippen molar-refractivity contribution in [2.45, 2.75) is 70.6 Å². The number of hydrogen-bond acceptors (Lipinski definition) is 6. The Morgan fingerprint density at radius 3 is 2.11 bits per heavy atom. The Hall–Kier alpha value is -2.72. The molecule has 0 radical (unpaired) electrons. The first-order valence-corrected chi connectivity index (χ1v) is 17.5. The van der Waals surface area contributed by atoms with Gasteiger partial charge in [-0.15, -0.1) is 12.4 Å². The summed E-state index contributed by atoms with van der Waals surface area (Å²) in [6, 6.07) is 13.9. The zero-order valence-electron chi connectivity index (χ0n) is 27.6. The third-order valence-electron chi connectivity index (χ3n) is 9.32. The molecule has 9 nitrogen and oxygen atoms in total. The molecule has 10 heteroatoms. The second-order valence-corrected chi connectivity index (χ2v) is 12.9. The van der Waals surface area contributed by atoms with Crippen molar-refractivity contribution >= 4 is 40.9 Å². The van der Waals surface area contributed by atoms with E-state index in [9.17, 15) is 14.4 Å². The van der Waals surface area contributed by atoms with E-state index < -0.39 is 0 Å². The van der Waals surface area contributed by atoms with E-state index in [0.29, 0.717) is 18.9 Å². The number of nitrogens with one attached hydrogen (secondary N) is 5. The van der Waals surface area contributed by atoms with Gasteiger partial charge in [-0.2, -0.15) is 0 Å². The fraction of sp³-hybridized carbons (Fsp3) is 0.639. The number of unbranched alkanes of at least 4 members (excludes halogenated alkanes) is 3. The topological polar surface area (TPSA) is 115 Å². The molecule has 0 bridgehead atoms. The van der Waals surface area contributed by atoms with Gasteiger partial charge in [0.15, 0.2) is 0 Å². The molecular formula is C36H57ClN6O3. The minimum Gasteiger partial charge on any atom is -0.355 e. The molecule has 2 aliphatic rings. The normalized spacial score (nSPS) is 15.8. The molecule has 256 valence electrons. The number of rotatable bonds is 19. The summed E-state index contributed by atoms with van der Waals surface area (Å²) in [5.41, 5.74) is 0.953. The monoisotopic (exact) mass is 656 g/mol. The molecule has 4 rings (SSSR count). The Labute approximate surface area is 282 Å². The highest BCUT2D eigenvalue weighted by atomic mass is 35.5. The van der Waals surface area contributed by atoms with E-state index >= 15 is 0 Å². The number of benzene rings is 2. The van der Waals surface area contributed by atoms with Crippen molar-refractivity contribution in [2.24, 2.45) is 11.8 Å². The van der Waals surface area contributed by atoms with Gasteiger partial charge in [-0.3, -0.25) is 14.4 Å². The third-order valence-corrected chi connectivity index (χ3v) is 9.32. The van der Waals surface area contributed by atoms with Crippen LogP contribution in [0.1, 0.15) is 69.8 Å². The van der Waals surface area contributed by atoms with Gasteiger partial charge in [-0.05, 0) is 119 Å². The third kappa shape index (κ3) is 14.0. The van der Waals surface area contributed by atoms with Gasteiger partial charge >= 0.3 is 0 Å². The average Bonchev–Trinajstić information content (AvgIpc) is 3.07. The van der Waals surface area contributed by atoms with E-state index in [0.717, 1.165) is 87.1 Å². The maximum Gasteiger partial charge on any atom is 0.239 e. The smallest absolute Gasteiger partial charge is 0.239 e. The van der Waals surface area contributed by atoms with Gasteiger partial charge < -0.3 is 31.5 Å². The van der Waals surface area contributed by atoms with Crippen LogP contribution in [0.4, 0.5) is 0 Å². The van der Waals surface area contributed by atoms with E-state index in [2.05, 4.69) is 26.6 Å². The van der Waals surface area contributed by atoms with Crippen LogP contribution in [0.3, 0.4) is 0 Å². The van der Waals surface area contributed by atoms with Crippen molar-refractivity contribution in [3.05, 3.63) is 48.0 Å². The zero-order valence-corrected chi connectivity index (χ0v) is 28.4. The van der Waals surface area contributed by atoms with Crippen molar-refractivity contribution in [2.75, 3.05) is 65.4 Å². The molecule has 3 amide bonds. The number of piperidine rings is 2. The van der Waals surface area contributed by atoms with Gasteiger partial charge in [0.1, 0.15) is 0 Å². The first-order valence-electron chi connectivity index (χ1n) is 17.5. The lowest BCUT2D eigenvalue weighted by atomic mass is 9.96. The van der Waals surface area contributed by atoms with Crippen LogP contribution >= 0.6 is 12.4 Å². The lowest BCUT2D eigenvalue weighted by molar-refractivity contribution is -0.132. The fourth-order valence-corrected chi connectivity index (χ4v) is 6.47. The number of halogens is 1. The number of hydrogen-bond donors (Lipinski definition) is 5. The molecule has 2 heterocycles. The van der Waals surface area contributed by atoms with E-state index in [1.807, 2.05) is 47.4 Å². The van der Waals surface area contributed by atoms with Gasteiger partial charge in [0, 0.05) is 26.1 Å². The second-order valence-electron chi connectivity index (χ2n) is 12.9. The summed E-state index contributed by atoms with van der Waals surface area (Å²) < 4.78 is 0. The Morgan fingerprint density at radius 1 is 0.717 bits per heavy atom. The Kier molecular flexibility index (Phi) is 18.0. The SMILES string of the molecule is Cl.O=C(CNC(=O)Cc1cccc2ccccc12)NCCCCCC(=O)N1CCC(CNCCCCNCC2CCNCC2)CC1. The van der Waals surface area contributed by atoms with E-state index in [1.165, 1.54) is 45.3 Å². The predicted molar refractivity (Wildman–Crippen MR) is 189 cm³/mol. The zero-order chi connectivity index (χ0) is 31.5. The Bertz CT molecular complexity index is 1180. The minimum absolute atomic E-state index is 0. The van der Waals surface area contributed by atoms with Crippen LogP contribution in [0.5, 0.6) is 0 Å². The first-order chi connectivity index (χ1) is 22.1. The van der Waals surface area contributed by atoms with Gasteiger partial charge in [0.05, 0.1) is 13.0 Å². The summed E-state index contributed by atoms with van der Waals surface area (Å²) in [6.45, 7) is 9.04. The number of amides is 3.